The van der Waals surface area contributed by atoms with E-state index in [1.807, 2.05) is 18.2 Å². The monoisotopic (exact) mass is 273 g/mol. The minimum absolute atomic E-state index is 0.808. The van der Waals surface area contributed by atoms with E-state index in [9.17, 15) is 0 Å². The zero-order valence-corrected chi connectivity index (χ0v) is 12.0. The molecule has 0 unspecified atom stereocenters. The highest BCUT2D eigenvalue weighted by Gasteiger charge is 2.01. The van der Waals surface area contributed by atoms with Crippen molar-refractivity contribution in [3.8, 4) is 11.1 Å². The van der Waals surface area contributed by atoms with Gasteiger partial charge in [-0.25, -0.2) is 0 Å². The van der Waals surface area contributed by atoms with Gasteiger partial charge in [0, 0.05) is 5.69 Å². The average molecular weight is 273 g/mol. The van der Waals surface area contributed by atoms with Crippen molar-refractivity contribution < 1.29 is 0 Å². The van der Waals surface area contributed by atoms with Gasteiger partial charge in [-0.05, 0) is 47.2 Å². The maximum atomic E-state index is 5.87. The molecule has 1 nitrogen and oxygen atoms in total. The molecule has 0 radical (unpaired) electrons. The SMILES string of the molecule is Nc1cccc(-c2cccc(CCc3ccccc3)c2)c1. The van der Waals surface area contributed by atoms with Crippen LogP contribution in [0, 0.1) is 0 Å². The van der Waals surface area contributed by atoms with Crippen LogP contribution in [0.2, 0.25) is 0 Å². The Balaban J connectivity index is 1.77. The Morgan fingerprint density at radius 2 is 1.19 bits per heavy atom. The van der Waals surface area contributed by atoms with E-state index in [4.69, 9.17) is 5.73 Å². The van der Waals surface area contributed by atoms with Crippen molar-refractivity contribution >= 4 is 5.69 Å². The fraction of sp³-hybridized carbons (Fsp3) is 0.100. The zero-order chi connectivity index (χ0) is 14.5. The van der Waals surface area contributed by atoms with Crippen molar-refractivity contribution in [1.82, 2.24) is 0 Å². The third-order valence-corrected chi connectivity index (χ3v) is 3.69. The second-order valence-electron chi connectivity index (χ2n) is 5.31. The molecule has 0 saturated heterocycles. The van der Waals surface area contributed by atoms with Crippen LogP contribution in [0.25, 0.3) is 11.1 Å². The first kappa shape index (κ1) is 13.4. The molecule has 0 spiro atoms. The Morgan fingerprint density at radius 1 is 0.571 bits per heavy atom. The summed E-state index contributed by atoms with van der Waals surface area (Å²) in [5.41, 5.74) is 11.8. The second kappa shape index (κ2) is 6.27. The van der Waals surface area contributed by atoms with Gasteiger partial charge in [-0.1, -0.05) is 66.7 Å². The summed E-state index contributed by atoms with van der Waals surface area (Å²) in [4.78, 5) is 0. The Kier molecular flexibility index (Phi) is 4.02. The van der Waals surface area contributed by atoms with Crippen molar-refractivity contribution in [3.63, 3.8) is 0 Å². The number of hydrogen-bond donors (Lipinski definition) is 1. The van der Waals surface area contributed by atoms with Gasteiger partial charge in [0.15, 0.2) is 0 Å². The summed E-state index contributed by atoms with van der Waals surface area (Å²) in [7, 11) is 0. The van der Waals surface area contributed by atoms with Gasteiger partial charge >= 0.3 is 0 Å². The Hall–Kier alpha value is -2.54. The lowest BCUT2D eigenvalue weighted by molar-refractivity contribution is 0.961. The molecule has 0 heterocycles. The number of anilines is 1. The van der Waals surface area contributed by atoms with Crippen LogP contribution in [0.4, 0.5) is 5.69 Å². The normalized spacial score (nSPS) is 10.5. The molecule has 2 N–H and O–H groups in total. The number of hydrogen-bond acceptors (Lipinski definition) is 1. The number of benzene rings is 3. The summed E-state index contributed by atoms with van der Waals surface area (Å²) in [6.45, 7) is 0. The highest BCUT2D eigenvalue weighted by molar-refractivity contribution is 5.67. The zero-order valence-electron chi connectivity index (χ0n) is 12.0. The molecule has 3 rings (SSSR count). The maximum Gasteiger partial charge on any atom is 0.0320 e. The third kappa shape index (κ3) is 3.51. The molecule has 1 heteroatoms. The number of aryl methyl sites for hydroxylation is 2. The van der Waals surface area contributed by atoms with Crippen molar-refractivity contribution in [3.05, 3.63) is 90.0 Å². The summed E-state index contributed by atoms with van der Waals surface area (Å²) in [5.74, 6) is 0. The lowest BCUT2D eigenvalue weighted by atomic mass is 9.99. The first-order chi connectivity index (χ1) is 10.3. The molecule has 104 valence electrons. The topological polar surface area (TPSA) is 26.0 Å². The third-order valence-electron chi connectivity index (χ3n) is 3.69. The fourth-order valence-corrected chi connectivity index (χ4v) is 2.56. The summed E-state index contributed by atoms with van der Waals surface area (Å²) in [6, 6.07) is 27.4. The molecular formula is C20H19N. The minimum atomic E-state index is 0.808. The number of nitrogens with two attached hydrogens (primary N) is 1. The van der Waals surface area contributed by atoms with Crippen LogP contribution in [-0.4, -0.2) is 0 Å². The molecule has 3 aromatic rings. The highest BCUT2D eigenvalue weighted by atomic mass is 14.5. The van der Waals surface area contributed by atoms with E-state index in [-0.39, 0.29) is 0 Å². The van der Waals surface area contributed by atoms with E-state index in [1.165, 1.54) is 22.3 Å². The summed E-state index contributed by atoms with van der Waals surface area (Å²) in [6.07, 6.45) is 2.13. The predicted octanol–water partition coefficient (Wildman–Crippen LogP) is 4.72. The van der Waals surface area contributed by atoms with E-state index in [0.717, 1.165) is 18.5 Å². The molecule has 0 atom stereocenters. The van der Waals surface area contributed by atoms with Gasteiger partial charge in [-0.2, -0.15) is 0 Å². The van der Waals surface area contributed by atoms with Gasteiger partial charge < -0.3 is 5.73 Å². The Bertz CT molecular complexity index is 717. The molecule has 0 aliphatic heterocycles. The molecule has 0 saturated carbocycles. The molecule has 0 bridgehead atoms. The lowest BCUT2D eigenvalue weighted by Gasteiger charge is -2.07. The molecule has 0 aliphatic carbocycles. The average Bonchev–Trinajstić information content (AvgIpc) is 2.54. The second-order valence-corrected chi connectivity index (χ2v) is 5.31. The maximum absolute atomic E-state index is 5.87. The van der Waals surface area contributed by atoms with Crippen LogP contribution in [0.15, 0.2) is 78.9 Å². The Morgan fingerprint density at radius 3 is 1.95 bits per heavy atom. The standard InChI is InChI=1S/C20H19N/c21-20-11-5-10-19(15-20)18-9-4-8-17(14-18)13-12-16-6-2-1-3-7-16/h1-11,14-15H,12-13,21H2. The van der Waals surface area contributed by atoms with Gasteiger partial charge in [0.2, 0.25) is 0 Å². The summed E-state index contributed by atoms with van der Waals surface area (Å²) >= 11 is 0. The molecule has 21 heavy (non-hydrogen) atoms. The first-order valence-electron chi connectivity index (χ1n) is 7.30. The van der Waals surface area contributed by atoms with Crippen molar-refractivity contribution in [1.29, 1.82) is 0 Å². The van der Waals surface area contributed by atoms with Crippen LogP contribution >= 0.6 is 0 Å². The fourth-order valence-electron chi connectivity index (χ4n) is 2.56. The van der Waals surface area contributed by atoms with Gasteiger partial charge in [-0.3, -0.25) is 0 Å². The quantitative estimate of drug-likeness (QED) is 0.684. The molecular weight excluding hydrogens is 254 g/mol. The van der Waals surface area contributed by atoms with Crippen LogP contribution in [0.3, 0.4) is 0 Å². The lowest BCUT2D eigenvalue weighted by Crippen LogP contribution is -1.92. The first-order valence-corrected chi connectivity index (χ1v) is 7.30. The summed E-state index contributed by atoms with van der Waals surface area (Å²) in [5, 5.41) is 0. The van der Waals surface area contributed by atoms with Crippen LogP contribution < -0.4 is 5.73 Å². The smallest absolute Gasteiger partial charge is 0.0320 e. The minimum Gasteiger partial charge on any atom is -0.399 e. The largest absolute Gasteiger partial charge is 0.399 e. The van der Waals surface area contributed by atoms with Crippen LogP contribution in [0.1, 0.15) is 11.1 Å². The van der Waals surface area contributed by atoms with Crippen molar-refractivity contribution in [2.24, 2.45) is 0 Å². The van der Waals surface area contributed by atoms with E-state index >= 15 is 0 Å². The van der Waals surface area contributed by atoms with E-state index in [1.54, 1.807) is 0 Å². The molecule has 3 aromatic carbocycles. The number of rotatable bonds is 4. The van der Waals surface area contributed by atoms with Crippen LogP contribution in [0.5, 0.6) is 0 Å². The van der Waals surface area contributed by atoms with E-state index < -0.39 is 0 Å². The van der Waals surface area contributed by atoms with Gasteiger partial charge in [0.05, 0.1) is 0 Å². The van der Waals surface area contributed by atoms with Crippen molar-refractivity contribution in [2.45, 2.75) is 12.8 Å². The van der Waals surface area contributed by atoms with Gasteiger partial charge in [0.25, 0.3) is 0 Å². The van der Waals surface area contributed by atoms with Gasteiger partial charge in [-0.15, -0.1) is 0 Å². The highest BCUT2D eigenvalue weighted by Crippen LogP contribution is 2.23. The predicted molar refractivity (Wildman–Crippen MR) is 90.1 cm³/mol. The molecule has 0 amide bonds. The molecule has 0 aliphatic rings. The number of nitrogen functional groups attached to an aromatic ring is 1. The molecule has 0 aromatic heterocycles. The Labute approximate surface area is 126 Å². The molecule has 0 fully saturated rings. The van der Waals surface area contributed by atoms with E-state index in [0.29, 0.717) is 0 Å². The van der Waals surface area contributed by atoms with Crippen molar-refractivity contribution in [2.75, 3.05) is 5.73 Å². The van der Waals surface area contributed by atoms with E-state index in [2.05, 4.69) is 60.7 Å². The summed E-state index contributed by atoms with van der Waals surface area (Å²) < 4.78 is 0. The van der Waals surface area contributed by atoms with Crippen LogP contribution in [-0.2, 0) is 12.8 Å². The van der Waals surface area contributed by atoms with Gasteiger partial charge in [0.1, 0.15) is 0 Å².